The Bertz CT molecular complexity index is 894. The fourth-order valence-electron chi connectivity index (χ4n) is 2.98. The summed E-state index contributed by atoms with van der Waals surface area (Å²) in [4.78, 5) is 15.8. The van der Waals surface area contributed by atoms with Crippen molar-refractivity contribution in [2.24, 2.45) is 5.92 Å². The summed E-state index contributed by atoms with van der Waals surface area (Å²) in [6.45, 7) is 2.18. The molecule has 8 heteroatoms. The molecule has 3 aromatic rings. The van der Waals surface area contributed by atoms with Crippen LogP contribution in [0.4, 0.5) is 10.2 Å². The minimum Gasteiger partial charge on any atom is -0.381 e. The van der Waals surface area contributed by atoms with Gasteiger partial charge in [0.1, 0.15) is 5.65 Å². The first-order valence-electron chi connectivity index (χ1n) is 8.18. The molecule has 0 saturated carbocycles. The summed E-state index contributed by atoms with van der Waals surface area (Å²) in [5.41, 5.74) is 1.42. The van der Waals surface area contributed by atoms with Crippen LogP contribution in [0.25, 0.3) is 22.4 Å². The molecule has 1 saturated heterocycles. The van der Waals surface area contributed by atoms with Crippen LogP contribution in [0.2, 0.25) is 5.02 Å². The number of nitrogens with one attached hydrogen (secondary N) is 2. The average Bonchev–Trinajstić information content (AvgIpc) is 3.05. The fraction of sp³-hybridized carbons (Fsp3) is 0.353. The van der Waals surface area contributed by atoms with E-state index in [2.05, 4.69) is 25.3 Å². The minimum absolute atomic E-state index is 0.209. The maximum absolute atomic E-state index is 14.1. The van der Waals surface area contributed by atoms with Crippen LogP contribution in [0.15, 0.2) is 24.7 Å². The third kappa shape index (κ3) is 3.43. The first-order valence-corrected chi connectivity index (χ1v) is 8.55. The minimum atomic E-state index is -0.466. The van der Waals surface area contributed by atoms with E-state index in [1.807, 2.05) is 0 Å². The summed E-state index contributed by atoms with van der Waals surface area (Å²) in [5.74, 6) is 0.626. The lowest BCUT2D eigenvalue weighted by molar-refractivity contribution is 0.0699. The van der Waals surface area contributed by atoms with Crippen LogP contribution in [0.5, 0.6) is 0 Å². The van der Waals surface area contributed by atoms with Gasteiger partial charge in [0.05, 0.1) is 11.2 Å². The number of pyridine rings is 1. The largest absolute Gasteiger partial charge is 0.381 e. The van der Waals surface area contributed by atoms with E-state index in [-0.39, 0.29) is 5.82 Å². The Balaban J connectivity index is 1.60. The van der Waals surface area contributed by atoms with Crippen molar-refractivity contribution >= 4 is 28.5 Å². The van der Waals surface area contributed by atoms with Gasteiger partial charge in [-0.05, 0) is 24.8 Å². The number of ether oxygens (including phenoxy) is 1. The second-order valence-corrected chi connectivity index (χ2v) is 6.52. The lowest BCUT2D eigenvalue weighted by atomic mass is 10.0. The van der Waals surface area contributed by atoms with Gasteiger partial charge in [-0.25, -0.2) is 19.3 Å². The topological polar surface area (TPSA) is 75.7 Å². The van der Waals surface area contributed by atoms with Crippen LogP contribution in [0.1, 0.15) is 12.8 Å². The van der Waals surface area contributed by atoms with E-state index in [0.29, 0.717) is 29.0 Å². The van der Waals surface area contributed by atoms with E-state index in [0.717, 1.165) is 37.0 Å². The Morgan fingerprint density at radius 2 is 2.12 bits per heavy atom. The number of aromatic amines is 1. The van der Waals surface area contributed by atoms with Crippen molar-refractivity contribution in [3.63, 3.8) is 0 Å². The van der Waals surface area contributed by atoms with Gasteiger partial charge in [-0.3, -0.25) is 0 Å². The van der Waals surface area contributed by atoms with Crippen LogP contribution >= 0.6 is 11.6 Å². The van der Waals surface area contributed by atoms with Crippen molar-refractivity contribution in [3.8, 4) is 11.4 Å². The maximum Gasteiger partial charge on any atom is 0.183 e. The Morgan fingerprint density at radius 3 is 2.96 bits per heavy atom. The number of fused-ring (bicyclic) bond motifs is 1. The molecule has 6 nitrogen and oxygen atoms in total. The zero-order chi connectivity index (χ0) is 17.2. The Kier molecular flexibility index (Phi) is 4.50. The van der Waals surface area contributed by atoms with E-state index < -0.39 is 5.82 Å². The van der Waals surface area contributed by atoms with Gasteiger partial charge in [-0.1, -0.05) is 11.6 Å². The third-order valence-electron chi connectivity index (χ3n) is 4.38. The van der Waals surface area contributed by atoms with Gasteiger partial charge in [0.25, 0.3) is 0 Å². The highest BCUT2D eigenvalue weighted by Gasteiger charge is 2.16. The predicted molar refractivity (Wildman–Crippen MR) is 94.1 cm³/mol. The molecular formula is C17H17ClFN5O. The molecular weight excluding hydrogens is 345 g/mol. The molecule has 2 N–H and O–H groups in total. The summed E-state index contributed by atoms with van der Waals surface area (Å²) < 4.78 is 19.4. The van der Waals surface area contributed by atoms with Gasteiger partial charge < -0.3 is 15.0 Å². The smallest absolute Gasteiger partial charge is 0.183 e. The summed E-state index contributed by atoms with van der Waals surface area (Å²) in [6.07, 6.45) is 6.45. The molecule has 1 aliphatic heterocycles. The highest BCUT2D eigenvalue weighted by molar-refractivity contribution is 6.31. The number of anilines is 1. The second-order valence-electron chi connectivity index (χ2n) is 6.08. The summed E-state index contributed by atoms with van der Waals surface area (Å²) in [5, 5.41) is 4.43. The van der Waals surface area contributed by atoms with Crippen molar-refractivity contribution < 1.29 is 9.13 Å². The lowest BCUT2D eigenvalue weighted by Crippen LogP contribution is -2.23. The van der Waals surface area contributed by atoms with Crippen LogP contribution < -0.4 is 5.32 Å². The van der Waals surface area contributed by atoms with Crippen molar-refractivity contribution in [2.45, 2.75) is 12.8 Å². The monoisotopic (exact) mass is 361 g/mol. The molecule has 0 radical (unpaired) electrons. The van der Waals surface area contributed by atoms with Crippen LogP contribution in [0.3, 0.4) is 0 Å². The van der Waals surface area contributed by atoms with Crippen molar-refractivity contribution in [1.82, 2.24) is 19.9 Å². The first kappa shape index (κ1) is 16.2. The van der Waals surface area contributed by atoms with Gasteiger partial charge in [0, 0.05) is 43.1 Å². The molecule has 0 spiro atoms. The van der Waals surface area contributed by atoms with Crippen molar-refractivity contribution in [1.29, 1.82) is 0 Å². The third-order valence-corrected chi connectivity index (χ3v) is 4.59. The fourth-order valence-corrected chi connectivity index (χ4v) is 3.13. The Hall–Kier alpha value is -2.25. The highest BCUT2D eigenvalue weighted by atomic mass is 35.5. The van der Waals surface area contributed by atoms with Gasteiger partial charge in [0.2, 0.25) is 0 Å². The number of nitrogens with zero attached hydrogens (tertiary/aromatic N) is 3. The summed E-state index contributed by atoms with van der Waals surface area (Å²) in [7, 11) is 0. The van der Waals surface area contributed by atoms with E-state index in [4.69, 9.17) is 16.3 Å². The molecule has 1 aliphatic rings. The molecule has 0 bridgehead atoms. The number of rotatable bonds is 4. The molecule has 0 aliphatic carbocycles. The molecule has 0 aromatic carbocycles. The number of hydrogen-bond acceptors (Lipinski definition) is 5. The quantitative estimate of drug-likeness (QED) is 0.741. The summed E-state index contributed by atoms with van der Waals surface area (Å²) in [6, 6.07) is 1.79. The van der Waals surface area contributed by atoms with Crippen LogP contribution in [-0.4, -0.2) is 39.7 Å². The van der Waals surface area contributed by atoms with E-state index in [9.17, 15) is 4.39 Å². The molecule has 4 heterocycles. The van der Waals surface area contributed by atoms with Crippen molar-refractivity contribution in [2.75, 3.05) is 25.1 Å². The Labute approximate surface area is 148 Å². The molecule has 0 unspecified atom stereocenters. The zero-order valence-corrected chi connectivity index (χ0v) is 14.2. The van der Waals surface area contributed by atoms with Crippen molar-refractivity contribution in [3.05, 3.63) is 35.5 Å². The number of H-pyrrole nitrogens is 1. The normalized spacial score (nSPS) is 15.6. The lowest BCUT2D eigenvalue weighted by Gasteiger charge is -2.22. The molecule has 0 amide bonds. The van der Waals surface area contributed by atoms with Crippen LogP contribution in [-0.2, 0) is 4.74 Å². The second kappa shape index (κ2) is 6.93. The van der Waals surface area contributed by atoms with Gasteiger partial charge in [0.15, 0.2) is 17.5 Å². The SMILES string of the molecule is Fc1cnc(-c2c[nH]c3ncc(Cl)cc23)nc1NCC1CCOCC1. The Morgan fingerprint density at radius 1 is 1.28 bits per heavy atom. The summed E-state index contributed by atoms with van der Waals surface area (Å²) >= 11 is 6.03. The molecule has 0 atom stereocenters. The van der Waals surface area contributed by atoms with E-state index >= 15 is 0 Å². The number of aromatic nitrogens is 4. The molecule has 3 aromatic heterocycles. The highest BCUT2D eigenvalue weighted by Crippen LogP contribution is 2.28. The zero-order valence-electron chi connectivity index (χ0n) is 13.4. The maximum atomic E-state index is 14.1. The van der Waals surface area contributed by atoms with Gasteiger partial charge in [-0.15, -0.1) is 0 Å². The predicted octanol–water partition coefficient (Wildman–Crippen LogP) is 3.65. The number of hydrogen-bond donors (Lipinski definition) is 2. The number of halogens is 2. The van der Waals surface area contributed by atoms with Gasteiger partial charge >= 0.3 is 0 Å². The standard InChI is InChI=1S/C17H17ClFN5O/c18-11-5-12-13(8-22-15(12)21-7-11)16-23-9-14(19)17(24-16)20-6-10-1-3-25-4-2-10/h5,7-10H,1-4,6H2,(H,21,22)(H,20,23,24). The first-order chi connectivity index (χ1) is 12.2. The van der Waals surface area contributed by atoms with Crippen LogP contribution in [0, 0.1) is 11.7 Å². The van der Waals surface area contributed by atoms with Gasteiger partial charge in [-0.2, -0.15) is 0 Å². The molecule has 4 rings (SSSR count). The average molecular weight is 362 g/mol. The molecule has 25 heavy (non-hydrogen) atoms. The molecule has 1 fully saturated rings. The van der Waals surface area contributed by atoms with E-state index in [1.165, 1.54) is 6.20 Å². The van der Waals surface area contributed by atoms with E-state index in [1.54, 1.807) is 18.5 Å². The molecule has 130 valence electrons.